The van der Waals surface area contributed by atoms with Crippen molar-refractivity contribution in [2.45, 2.75) is 19.9 Å². The largest absolute Gasteiger partial charge is 0.350 e. The van der Waals surface area contributed by atoms with Crippen LogP contribution >= 0.6 is 0 Å². The number of rotatable bonds is 2. The number of aromatic nitrogens is 3. The molecule has 0 unspecified atom stereocenters. The Bertz CT molecular complexity index is 338. The summed E-state index contributed by atoms with van der Waals surface area (Å²) in [5, 5.41) is 0. The van der Waals surface area contributed by atoms with Crippen LogP contribution in [0.4, 0.5) is 0 Å². The Morgan fingerprint density at radius 2 is 2.36 bits per heavy atom. The first kappa shape index (κ1) is 7.71. The van der Waals surface area contributed by atoms with Crippen molar-refractivity contribution in [1.29, 1.82) is 0 Å². The van der Waals surface area contributed by atoms with E-state index in [9.17, 15) is 9.59 Å². The van der Waals surface area contributed by atoms with Crippen LogP contribution in [0.5, 0.6) is 0 Å². The number of hydrogen-bond donors (Lipinski definition) is 1. The third-order valence-electron chi connectivity index (χ3n) is 1.25. The van der Waals surface area contributed by atoms with Crippen molar-refractivity contribution < 1.29 is 0 Å². The van der Waals surface area contributed by atoms with Gasteiger partial charge >= 0.3 is 11.4 Å². The summed E-state index contributed by atoms with van der Waals surface area (Å²) in [5.41, 5.74) is -0.991. The van der Waals surface area contributed by atoms with Gasteiger partial charge in [-0.3, -0.25) is 9.55 Å². The summed E-state index contributed by atoms with van der Waals surface area (Å²) in [7, 11) is 0. The normalized spacial score (nSPS) is 9.91. The molecule has 0 aliphatic rings. The minimum atomic E-state index is -0.595. The van der Waals surface area contributed by atoms with Gasteiger partial charge in [0.2, 0.25) is 0 Å². The number of aromatic amines is 1. The molecule has 0 spiro atoms. The Balaban J connectivity index is 3.10. The molecule has 5 heteroatoms. The minimum Gasteiger partial charge on any atom is -0.284 e. The lowest BCUT2D eigenvalue weighted by atomic mass is 10.5. The molecular weight excluding hydrogens is 146 g/mol. The quantitative estimate of drug-likeness (QED) is 0.616. The van der Waals surface area contributed by atoms with Crippen LogP contribution < -0.4 is 11.4 Å². The molecule has 0 atom stereocenters. The van der Waals surface area contributed by atoms with Gasteiger partial charge in [-0.25, -0.2) is 9.59 Å². The summed E-state index contributed by atoms with van der Waals surface area (Å²) in [6.45, 7) is 2.53. The Labute approximate surface area is 62.7 Å². The van der Waals surface area contributed by atoms with Crippen LogP contribution in [0, 0.1) is 0 Å². The van der Waals surface area contributed by atoms with Crippen LogP contribution in [0.15, 0.2) is 15.9 Å². The monoisotopic (exact) mass is 155 g/mol. The molecule has 5 nitrogen and oxygen atoms in total. The molecule has 0 amide bonds. The van der Waals surface area contributed by atoms with E-state index in [1.54, 1.807) is 0 Å². The molecule has 1 aromatic heterocycles. The molecule has 0 aliphatic heterocycles. The van der Waals surface area contributed by atoms with E-state index in [-0.39, 0.29) is 0 Å². The fourth-order valence-corrected chi connectivity index (χ4v) is 0.770. The van der Waals surface area contributed by atoms with Crippen LogP contribution in [-0.2, 0) is 6.54 Å². The molecule has 1 rings (SSSR count). The van der Waals surface area contributed by atoms with Crippen molar-refractivity contribution in [1.82, 2.24) is 14.5 Å². The van der Waals surface area contributed by atoms with Crippen molar-refractivity contribution in [3.05, 3.63) is 27.3 Å². The van der Waals surface area contributed by atoms with E-state index < -0.39 is 11.4 Å². The third-order valence-corrected chi connectivity index (χ3v) is 1.25. The Morgan fingerprint density at radius 1 is 1.64 bits per heavy atom. The van der Waals surface area contributed by atoms with Gasteiger partial charge in [-0.05, 0) is 6.42 Å². The number of nitrogens with one attached hydrogen (secondary N) is 1. The summed E-state index contributed by atoms with van der Waals surface area (Å²) in [4.78, 5) is 26.8. The fourth-order valence-electron chi connectivity index (χ4n) is 0.770. The van der Waals surface area contributed by atoms with Gasteiger partial charge in [0.25, 0.3) is 0 Å². The van der Waals surface area contributed by atoms with Crippen LogP contribution in [-0.4, -0.2) is 14.5 Å². The van der Waals surface area contributed by atoms with Crippen LogP contribution in [0.1, 0.15) is 13.3 Å². The average Bonchev–Trinajstić information content (AvgIpc) is 1.95. The molecule has 0 aliphatic carbocycles. The van der Waals surface area contributed by atoms with E-state index in [1.165, 1.54) is 10.9 Å². The van der Waals surface area contributed by atoms with E-state index in [4.69, 9.17) is 0 Å². The molecular formula is C6H9N3O2. The smallest absolute Gasteiger partial charge is 0.284 e. The summed E-state index contributed by atoms with van der Waals surface area (Å²) >= 11 is 0. The fraction of sp³-hybridized carbons (Fsp3) is 0.500. The van der Waals surface area contributed by atoms with Crippen LogP contribution in [0.25, 0.3) is 0 Å². The maximum Gasteiger partial charge on any atom is 0.350 e. The molecule has 0 aromatic carbocycles. The summed E-state index contributed by atoms with van der Waals surface area (Å²) in [6.07, 6.45) is 2.10. The highest BCUT2D eigenvalue weighted by atomic mass is 16.2. The van der Waals surface area contributed by atoms with Gasteiger partial charge in [0.05, 0.1) is 0 Å². The zero-order valence-electron chi connectivity index (χ0n) is 6.20. The number of nitrogens with zero attached hydrogens (tertiary/aromatic N) is 2. The lowest BCUT2D eigenvalue weighted by Gasteiger charge is -1.98. The summed E-state index contributed by atoms with van der Waals surface area (Å²) in [6, 6.07) is 0. The third kappa shape index (κ3) is 1.76. The summed E-state index contributed by atoms with van der Waals surface area (Å²) < 4.78 is 1.36. The highest BCUT2D eigenvalue weighted by Gasteiger charge is 1.93. The van der Waals surface area contributed by atoms with Crippen molar-refractivity contribution in [2.75, 3.05) is 0 Å². The van der Waals surface area contributed by atoms with Gasteiger partial charge in [-0.15, -0.1) is 0 Å². The zero-order valence-corrected chi connectivity index (χ0v) is 6.20. The molecule has 0 saturated heterocycles. The second-order valence-electron chi connectivity index (χ2n) is 2.17. The van der Waals surface area contributed by atoms with Gasteiger partial charge in [-0.1, -0.05) is 6.92 Å². The second-order valence-corrected chi connectivity index (χ2v) is 2.17. The van der Waals surface area contributed by atoms with E-state index in [0.29, 0.717) is 6.54 Å². The molecule has 1 aromatic rings. The van der Waals surface area contributed by atoms with E-state index in [1.807, 2.05) is 6.92 Å². The lowest BCUT2D eigenvalue weighted by Crippen LogP contribution is -2.30. The molecule has 1 heterocycles. The molecule has 11 heavy (non-hydrogen) atoms. The molecule has 1 N–H and O–H groups in total. The van der Waals surface area contributed by atoms with Gasteiger partial charge < -0.3 is 0 Å². The Morgan fingerprint density at radius 3 is 2.91 bits per heavy atom. The Kier molecular flexibility index (Phi) is 2.20. The minimum absolute atomic E-state index is 0.396. The lowest BCUT2D eigenvalue weighted by molar-refractivity contribution is 0.612. The molecule has 60 valence electrons. The van der Waals surface area contributed by atoms with E-state index in [2.05, 4.69) is 9.97 Å². The highest BCUT2D eigenvalue weighted by molar-refractivity contribution is 4.66. The summed E-state index contributed by atoms with van der Waals surface area (Å²) in [5.74, 6) is 0. The highest BCUT2D eigenvalue weighted by Crippen LogP contribution is 1.78. The number of H-pyrrole nitrogens is 1. The average molecular weight is 155 g/mol. The molecule has 0 bridgehead atoms. The second kappa shape index (κ2) is 3.14. The standard InChI is InChI=1S/C6H9N3O2/c1-2-3-9-4-7-5(10)8-6(9)11/h4H,2-3H2,1H3,(H,8,10,11). The van der Waals surface area contributed by atoms with Gasteiger partial charge in [0, 0.05) is 6.54 Å². The first-order valence-electron chi connectivity index (χ1n) is 3.40. The molecule has 0 saturated carbocycles. The first-order valence-corrected chi connectivity index (χ1v) is 3.40. The van der Waals surface area contributed by atoms with Gasteiger partial charge in [0.15, 0.2) is 0 Å². The molecule has 0 fully saturated rings. The maximum absolute atomic E-state index is 10.9. The maximum atomic E-state index is 10.9. The van der Waals surface area contributed by atoms with Gasteiger partial charge in [0.1, 0.15) is 6.33 Å². The van der Waals surface area contributed by atoms with Crippen molar-refractivity contribution in [2.24, 2.45) is 0 Å². The SMILES string of the molecule is CCCn1cnc(=O)[nH]c1=O. The zero-order chi connectivity index (χ0) is 8.27. The van der Waals surface area contributed by atoms with Crippen molar-refractivity contribution >= 4 is 0 Å². The van der Waals surface area contributed by atoms with Crippen LogP contribution in [0.2, 0.25) is 0 Å². The van der Waals surface area contributed by atoms with Crippen molar-refractivity contribution in [3.8, 4) is 0 Å². The molecule has 0 radical (unpaired) electrons. The van der Waals surface area contributed by atoms with E-state index in [0.717, 1.165) is 6.42 Å². The van der Waals surface area contributed by atoms with Gasteiger partial charge in [-0.2, -0.15) is 4.98 Å². The van der Waals surface area contributed by atoms with Crippen LogP contribution in [0.3, 0.4) is 0 Å². The van der Waals surface area contributed by atoms with Crippen molar-refractivity contribution in [3.63, 3.8) is 0 Å². The topological polar surface area (TPSA) is 67.8 Å². The number of hydrogen-bond acceptors (Lipinski definition) is 3. The Hall–Kier alpha value is -1.39. The first-order chi connectivity index (χ1) is 5.24. The predicted molar refractivity (Wildman–Crippen MR) is 39.4 cm³/mol. The predicted octanol–water partition coefficient (Wildman–Crippen LogP) is -0.658. The van der Waals surface area contributed by atoms with E-state index >= 15 is 0 Å². The number of aryl methyl sites for hydroxylation is 1.